The number of hydroxylamine groups is 1. The van der Waals surface area contributed by atoms with Crippen molar-refractivity contribution in [1.29, 1.82) is 0 Å². The van der Waals surface area contributed by atoms with Gasteiger partial charge in [0.25, 0.3) is 5.91 Å². The number of hydrogen-bond acceptors (Lipinski definition) is 3. The summed E-state index contributed by atoms with van der Waals surface area (Å²) in [6.07, 6.45) is 4.85. The van der Waals surface area contributed by atoms with Crippen molar-refractivity contribution in [3.05, 3.63) is 0 Å². The van der Waals surface area contributed by atoms with E-state index in [0.29, 0.717) is 0 Å². The van der Waals surface area contributed by atoms with Crippen molar-refractivity contribution < 1.29 is 9.63 Å². The molecule has 0 radical (unpaired) electrons. The summed E-state index contributed by atoms with van der Waals surface area (Å²) in [6.45, 7) is 3.47. The topological polar surface area (TPSA) is 50.4 Å². The molecule has 0 unspecified atom stereocenters. The van der Waals surface area contributed by atoms with Gasteiger partial charge < -0.3 is 5.32 Å². The van der Waals surface area contributed by atoms with Crippen molar-refractivity contribution in [3.63, 3.8) is 0 Å². The Morgan fingerprint density at radius 1 is 1.43 bits per heavy atom. The first kappa shape index (κ1) is 9.93. The van der Waals surface area contributed by atoms with Gasteiger partial charge in [0, 0.05) is 13.1 Å². The zero-order valence-corrected chi connectivity index (χ0v) is 8.64. The van der Waals surface area contributed by atoms with Gasteiger partial charge >= 0.3 is 0 Å². The lowest BCUT2D eigenvalue weighted by atomic mass is 9.83. The molecule has 80 valence electrons. The molecule has 0 aromatic carbocycles. The van der Waals surface area contributed by atoms with Crippen LogP contribution in [0, 0.1) is 5.41 Å². The second-order valence-corrected chi connectivity index (χ2v) is 4.62. The van der Waals surface area contributed by atoms with Gasteiger partial charge in [0.05, 0.1) is 11.5 Å². The lowest BCUT2D eigenvalue weighted by molar-refractivity contribution is -0.150. The summed E-state index contributed by atoms with van der Waals surface area (Å²) in [5.41, 5.74) is 2.34. The quantitative estimate of drug-likeness (QED) is 0.652. The highest BCUT2D eigenvalue weighted by Crippen LogP contribution is 2.23. The first-order valence-corrected chi connectivity index (χ1v) is 5.37. The molecule has 0 bridgehead atoms. The highest BCUT2D eigenvalue weighted by atomic mass is 16.7. The van der Waals surface area contributed by atoms with Crippen molar-refractivity contribution in [2.24, 2.45) is 5.41 Å². The Bertz CT molecular complexity index is 220. The third-order valence-electron chi connectivity index (χ3n) is 3.20. The molecule has 0 aromatic heterocycles. The molecule has 4 nitrogen and oxygen atoms in total. The Balaban J connectivity index is 1.71. The SMILES string of the molecule is CC1(C(=O)NOC2CCCC2)CNC1. The van der Waals surface area contributed by atoms with Crippen LogP contribution in [-0.2, 0) is 9.63 Å². The highest BCUT2D eigenvalue weighted by molar-refractivity contribution is 5.82. The molecule has 0 atom stereocenters. The first-order valence-electron chi connectivity index (χ1n) is 5.37. The van der Waals surface area contributed by atoms with Crippen molar-refractivity contribution >= 4 is 5.91 Å². The first-order chi connectivity index (χ1) is 6.71. The van der Waals surface area contributed by atoms with E-state index in [0.717, 1.165) is 25.9 Å². The average molecular weight is 198 g/mol. The van der Waals surface area contributed by atoms with Crippen molar-refractivity contribution in [2.75, 3.05) is 13.1 Å². The van der Waals surface area contributed by atoms with E-state index < -0.39 is 0 Å². The normalized spacial score (nSPS) is 25.8. The van der Waals surface area contributed by atoms with E-state index in [-0.39, 0.29) is 17.4 Å². The summed E-state index contributed by atoms with van der Waals surface area (Å²) in [5, 5.41) is 3.09. The summed E-state index contributed by atoms with van der Waals surface area (Å²) in [7, 11) is 0. The predicted octanol–water partition coefficient (Wildman–Crippen LogP) is 0.586. The molecule has 4 heteroatoms. The molecule has 1 aliphatic heterocycles. The van der Waals surface area contributed by atoms with Crippen LogP contribution >= 0.6 is 0 Å². The van der Waals surface area contributed by atoms with Gasteiger partial charge in [-0.15, -0.1) is 0 Å². The third kappa shape index (κ3) is 1.91. The van der Waals surface area contributed by atoms with Gasteiger partial charge in [0.2, 0.25) is 0 Å². The van der Waals surface area contributed by atoms with Crippen LogP contribution in [0.15, 0.2) is 0 Å². The number of nitrogens with one attached hydrogen (secondary N) is 2. The minimum Gasteiger partial charge on any atom is -0.315 e. The average Bonchev–Trinajstić information content (AvgIpc) is 2.62. The van der Waals surface area contributed by atoms with Gasteiger partial charge in [-0.2, -0.15) is 0 Å². The van der Waals surface area contributed by atoms with Crippen LogP contribution in [0.3, 0.4) is 0 Å². The lowest BCUT2D eigenvalue weighted by Crippen LogP contribution is -2.59. The molecule has 2 rings (SSSR count). The largest absolute Gasteiger partial charge is 0.315 e. The molecule has 2 fully saturated rings. The van der Waals surface area contributed by atoms with E-state index in [9.17, 15) is 4.79 Å². The molecule has 14 heavy (non-hydrogen) atoms. The maximum atomic E-state index is 11.6. The van der Waals surface area contributed by atoms with Crippen molar-refractivity contribution in [2.45, 2.75) is 38.7 Å². The maximum Gasteiger partial charge on any atom is 0.252 e. The van der Waals surface area contributed by atoms with Crippen LogP contribution in [0.4, 0.5) is 0 Å². The number of amides is 1. The molecule has 1 aliphatic carbocycles. The van der Waals surface area contributed by atoms with E-state index in [2.05, 4.69) is 10.8 Å². The fraction of sp³-hybridized carbons (Fsp3) is 0.900. The molecule has 1 saturated carbocycles. The standard InChI is InChI=1S/C10H18N2O2/c1-10(6-11-7-10)9(13)12-14-8-4-2-3-5-8/h8,11H,2-7H2,1H3,(H,12,13). The second kappa shape index (κ2) is 3.87. The summed E-state index contributed by atoms with van der Waals surface area (Å²) < 4.78 is 0. The van der Waals surface area contributed by atoms with Gasteiger partial charge in [-0.3, -0.25) is 9.63 Å². The number of hydrogen-bond donors (Lipinski definition) is 2. The fourth-order valence-corrected chi connectivity index (χ4v) is 1.93. The predicted molar refractivity (Wildman–Crippen MR) is 52.5 cm³/mol. The van der Waals surface area contributed by atoms with Crippen LogP contribution < -0.4 is 10.8 Å². The van der Waals surface area contributed by atoms with Gasteiger partial charge in [-0.05, 0) is 19.8 Å². The van der Waals surface area contributed by atoms with E-state index in [1.165, 1.54) is 12.8 Å². The molecule has 1 saturated heterocycles. The minimum atomic E-state index is -0.251. The van der Waals surface area contributed by atoms with E-state index in [1.807, 2.05) is 6.92 Å². The monoisotopic (exact) mass is 198 g/mol. The van der Waals surface area contributed by atoms with Gasteiger partial charge in [-0.25, -0.2) is 5.48 Å². The number of carbonyl (C=O) groups is 1. The van der Waals surface area contributed by atoms with E-state index >= 15 is 0 Å². The summed E-state index contributed by atoms with van der Waals surface area (Å²) in [4.78, 5) is 17.0. The smallest absolute Gasteiger partial charge is 0.252 e. The zero-order valence-electron chi connectivity index (χ0n) is 8.64. The number of carbonyl (C=O) groups excluding carboxylic acids is 1. The van der Waals surface area contributed by atoms with Crippen LogP contribution in [-0.4, -0.2) is 25.1 Å². The van der Waals surface area contributed by atoms with Crippen LogP contribution in [0.25, 0.3) is 0 Å². The van der Waals surface area contributed by atoms with Crippen LogP contribution in [0.1, 0.15) is 32.6 Å². The molecule has 2 aliphatic rings. The minimum absolute atomic E-state index is 0.0168. The van der Waals surface area contributed by atoms with Gasteiger partial charge in [-0.1, -0.05) is 12.8 Å². The maximum absolute atomic E-state index is 11.6. The summed E-state index contributed by atoms with van der Waals surface area (Å²) in [6, 6.07) is 0. The Morgan fingerprint density at radius 3 is 2.57 bits per heavy atom. The molecular formula is C10H18N2O2. The molecule has 1 heterocycles. The van der Waals surface area contributed by atoms with Gasteiger partial charge in [0.1, 0.15) is 0 Å². The van der Waals surface area contributed by atoms with E-state index in [1.54, 1.807) is 0 Å². The molecule has 1 amide bonds. The van der Waals surface area contributed by atoms with Crippen LogP contribution in [0.5, 0.6) is 0 Å². The van der Waals surface area contributed by atoms with E-state index in [4.69, 9.17) is 4.84 Å². The Kier molecular flexibility index (Phi) is 2.74. The van der Waals surface area contributed by atoms with Crippen LogP contribution in [0.2, 0.25) is 0 Å². The molecular weight excluding hydrogens is 180 g/mol. The third-order valence-corrected chi connectivity index (χ3v) is 3.20. The van der Waals surface area contributed by atoms with Crippen molar-refractivity contribution in [3.8, 4) is 0 Å². The molecule has 0 spiro atoms. The highest BCUT2D eigenvalue weighted by Gasteiger charge is 2.39. The molecule has 0 aromatic rings. The zero-order chi connectivity index (χ0) is 10.0. The molecule has 2 N–H and O–H groups in total. The Hall–Kier alpha value is -0.610. The number of rotatable bonds is 3. The lowest BCUT2D eigenvalue weighted by Gasteiger charge is -2.37. The fourth-order valence-electron chi connectivity index (χ4n) is 1.93. The Labute approximate surface area is 84.3 Å². The Morgan fingerprint density at radius 2 is 2.07 bits per heavy atom. The van der Waals surface area contributed by atoms with Gasteiger partial charge in [0.15, 0.2) is 0 Å². The summed E-state index contributed by atoms with van der Waals surface area (Å²) in [5.74, 6) is 0.0168. The summed E-state index contributed by atoms with van der Waals surface area (Å²) >= 11 is 0. The second-order valence-electron chi connectivity index (χ2n) is 4.62. The van der Waals surface area contributed by atoms with Crippen molar-refractivity contribution in [1.82, 2.24) is 10.8 Å².